The van der Waals surface area contributed by atoms with Gasteiger partial charge in [-0.05, 0) is 30.3 Å². The Kier molecular flexibility index (Phi) is 3.97. The summed E-state index contributed by atoms with van der Waals surface area (Å²) in [6.07, 6.45) is 2.77. The molecule has 1 amide bonds. The predicted octanol–water partition coefficient (Wildman–Crippen LogP) is 2.45. The standard InChI is InChI=1S/C14H12N4O3S2/c1-9(19)16-10-4-5-12-13(7-10)22-14(17-12)18-23(20,21)11-3-2-6-15-8-11/h2-8H,1H3,(H,16,19)(H,17,18). The highest BCUT2D eigenvalue weighted by molar-refractivity contribution is 7.93. The monoisotopic (exact) mass is 348 g/mol. The molecule has 0 aliphatic heterocycles. The number of amides is 1. The van der Waals surface area contributed by atoms with Crippen LogP contribution in [-0.4, -0.2) is 24.3 Å². The number of hydrogen-bond donors (Lipinski definition) is 2. The summed E-state index contributed by atoms with van der Waals surface area (Å²) in [6, 6.07) is 8.18. The van der Waals surface area contributed by atoms with Gasteiger partial charge in [-0.1, -0.05) is 11.3 Å². The molecule has 0 saturated heterocycles. The topological polar surface area (TPSA) is 101 Å². The van der Waals surface area contributed by atoms with Crippen molar-refractivity contribution in [3.63, 3.8) is 0 Å². The molecule has 7 nitrogen and oxygen atoms in total. The van der Waals surface area contributed by atoms with E-state index in [4.69, 9.17) is 0 Å². The minimum Gasteiger partial charge on any atom is -0.326 e. The molecule has 3 rings (SSSR count). The fraction of sp³-hybridized carbons (Fsp3) is 0.0714. The molecule has 3 aromatic rings. The van der Waals surface area contributed by atoms with Gasteiger partial charge < -0.3 is 5.32 Å². The minimum atomic E-state index is -3.72. The van der Waals surface area contributed by atoms with Crippen LogP contribution < -0.4 is 10.0 Å². The number of pyridine rings is 1. The normalized spacial score (nSPS) is 11.3. The van der Waals surface area contributed by atoms with Crippen molar-refractivity contribution < 1.29 is 13.2 Å². The quantitative estimate of drug-likeness (QED) is 0.754. The van der Waals surface area contributed by atoms with Crippen LogP contribution in [0.1, 0.15) is 6.92 Å². The van der Waals surface area contributed by atoms with Crippen molar-refractivity contribution in [2.24, 2.45) is 0 Å². The molecule has 2 N–H and O–H groups in total. The van der Waals surface area contributed by atoms with E-state index in [1.54, 1.807) is 24.3 Å². The van der Waals surface area contributed by atoms with Crippen LogP contribution in [0.4, 0.5) is 10.8 Å². The van der Waals surface area contributed by atoms with E-state index >= 15 is 0 Å². The molecule has 118 valence electrons. The first-order valence-corrected chi connectivity index (χ1v) is 8.85. The maximum absolute atomic E-state index is 12.2. The van der Waals surface area contributed by atoms with E-state index in [-0.39, 0.29) is 15.9 Å². The number of benzene rings is 1. The van der Waals surface area contributed by atoms with Gasteiger partial charge in [-0.3, -0.25) is 14.5 Å². The summed E-state index contributed by atoms with van der Waals surface area (Å²) >= 11 is 1.19. The zero-order valence-corrected chi connectivity index (χ0v) is 13.6. The third kappa shape index (κ3) is 3.46. The fourth-order valence-electron chi connectivity index (χ4n) is 1.93. The predicted molar refractivity (Wildman–Crippen MR) is 89.0 cm³/mol. The Morgan fingerprint density at radius 2 is 2.09 bits per heavy atom. The van der Waals surface area contributed by atoms with Crippen LogP contribution >= 0.6 is 11.3 Å². The molecule has 0 saturated carbocycles. The van der Waals surface area contributed by atoms with Gasteiger partial charge in [0.2, 0.25) is 5.91 Å². The molecule has 0 bridgehead atoms. The maximum Gasteiger partial charge on any atom is 0.265 e. The highest BCUT2D eigenvalue weighted by Crippen LogP contribution is 2.29. The van der Waals surface area contributed by atoms with E-state index in [0.29, 0.717) is 11.2 Å². The number of thiazole rings is 1. The molecule has 23 heavy (non-hydrogen) atoms. The second-order valence-electron chi connectivity index (χ2n) is 4.68. The average Bonchev–Trinajstić information content (AvgIpc) is 2.88. The molecular weight excluding hydrogens is 336 g/mol. The van der Waals surface area contributed by atoms with Crippen LogP contribution in [0, 0.1) is 0 Å². The Morgan fingerprint density at radius 1 is 1.26 bits per heavy atom. The molecule has 0 atom stereocenters. The third-order valence-corrected chi connectivity index (χ3v) is 5.26. The van der Waals surface area contributed by atoms with Gasteiger partial charge in [-0.2, -0.15) is 0 Å². The lowest BCUT2D eigenvalue weighted by molar-refractivity contribution is -0.114. The molecule has 0 spiro atoms. The zero-order valence-electron chi connectivity index (χ0n) is 12.0. The number of aromatic nitrogens is 2. The van der Waals surface area contributed by atoms with Gasteiger partial charge in [0.15, 0.2) is 5.13 Å². The van der Waals surface area contributed by atoms with Crippen molar-refractivity contribution in [1.29, 1.82) is 0 Å². The molecule has 9 heteroatoms. The Balaban J connectivity index is 1.90. The van der Waals surface area contributed by atoms with Crippen molar-refractivity contribution in [3.8, 4) is 0 Å². The van der Waals surface area contributed by atoms with Crippen LogP contribution in [0.3, 0.4) is 0 Å². The number of sulfonamides is 1. The van der Waals surface area contributed by atoms with Crippen LogP contribution in [-0.2, 0) is 14.8 Å². The minimum absolute atomic E-state index is 0.0678. The fourth-order valence-corrected chi connectivity index (χ4v) is 4.03. The zero-order chi connectivity index (χ0) is 16.4. The molecule has 0 radical (unpaired) electrons. The number of carbonyl (C=O) groups excluding carboxylic acids is 1. The van der Waals surface area contributed by atoms with Gasteiger partial charge in [0.25, 0.3) is 10.0 Å². The molecule has 0 aliphatic carbocycles. The van der Waals surface area contributed by atoms with Gasteiger partial charge >= 0.3 is 0 Å². The second kappa shape index (κ2) is 5.94. The highest BCUT2D eigenvalue weighted by Gasteiger charge is 2.16. The van der Waals surface area contributed by atoms with E-state index < -0.39 is 10.0 Å². The number of nitrogens with one attached hydrogen (secondary N) is 2. The lowest BCUT2D eigenvalue weighted by Gasteiger charge is -2.03. The first-order chi connectivity index (χ1) is 10.9. The van der Waals surface area contributed by atoms with Crippen LogP contribution in [0.5, 0.6) is 0 Å². The molecule has 1 aromatic carbocycles. The van der Waals surface area contributed by atoms with Gasteiger partial charge in [0.1, 0.15) is 4.90 Å². The average molecular weight is 348 g/mol. The lowest BCUT2D eigenvalue weighted by Crippen LogP contribution is -2.12. The van der Waals surface area contributed by atoms with Crippen LogP contribution in [0.2, 0.25) is 0 Å². The van der Waals surface area contributed by atoms with Gasteiger partial charge in [-0.25, -0.2) is 13.4 Å². The van der Waals surface area contributed by atoms with Crippen LogP contribution in [0.15, 0.2) is 47.6 Å². The molecular formula is C14H12N4O3S2. The van der Waals surface area contributed by atoms with E-state index in [1.165, 1.54) is 36.7 Å². The van der Waals surface area contributed by atoms with E-state index in [9.17, 15) is 13.2 Å². The Hall–Kier alpha value is -2.52. The Morgan fingerprint density at radius 3 is 2.78 bits per heavy atom. The highest BCUT2D eigenvalue weighted by atomic mass is 32.2. The SMILES string of the molecule is CC(=O)Nc1ccc2nc(NS(=O)(=O)c3cccnc3)sc2c1. The molecule has 0 fully saturated rings. The second-order valence-corrected chi connectivity index (χ2v) is 7.39. The molecule has 2 heterocycles. The van der Waals surface area contributed by atoms with Crippen LogP contribution in [0.25, 0.3) is 10.2 Å². The number of nitrogens with zero attached hydrogens (tertiary/aromatic N) is 2. The number of hydrogen-bond acceptors (Lipinski definition) is 6. The molecule has 0 aliphatic rings. The molecule has 0 unspecified atom stereocenters. The van der Waals surface area contributed by atoms with E-state index in [0.717, 1.165) is 4.70 Å². The first-order valence-electron chi connectivity index (χ1n) is 6.55. The van der Waals surface area contributed by atoms with E-state index in [1.807, 2.05) is 0 Å². The summed E-state index contributed by atoms with van der Waals surface area (Å²) in [5, 5.41) is 2.93. The van der Waals surface area contributed by atoms with Gasteiger partial charge in [0, 0.05) is 25.0 Å². The van der Waals surface area contributed by atoms with Crippen molar-refractivity contribution in [2.45, 2.75) is 11.8 Å². The summed E-state index contributed by atoms with van der Waals surface area (Å²) in [6.45, 7) is 1.42. The van der Waals surface area contributed by atoms with Crippen molar-refractivity contribution in [2.75, 3.05) is 10.0 Å². The number of fused-ring (bicyclic) bond motifs is 1. The first kappa shape index (κ1) is 15.4. The smallest absolute Gasteiger partial charge is 0.265 e. The Labute approximate surface area is 136 Å². The summed E-state index contributed by atoms with van der Waals surface area (Å²) in [4.78, 5) is 19.2. The lowest BCUT2D eigenvalue weighted by atomic mass is 10.3. The largest absolute Gasteiger partial charge is 0.326 e. The summed E-state index contributed by atoms with van der Waals surface area (Å²) in [7, 11) is -3.72. The maximum atomic E-state index is 12.2. The molecule has 2 aromatic heterocycles. The number of carbonyl (C=O) groups is 1. The third-order valence-electron chi connectivity index (χ3n) is 2.88. The Bertz CT molecular complexity index is 968. The summed E-state index contributed by atoms with van der Waals surface area (Å²) < 4.78 is 27.7. The van der Waals surface area contributed by atoms with Crippen molar-refractivity contribution >= 4 is 48.3 Å². The van der Waals surface area contributed by atoms with Crippen molar-refractivity contribution in [1.82, 2.24) is 9.97 Å². The number of anilines is 2. The van der Waals surface area contributed by atoms with Gasteiger partial charge in [-0.15, -0.1) is 0 Å². The van der Waals surface area contributed by atoms with Crippen molar-refractivity contribution in [3.05, 3.63) is 42.7 Å². The summed E-state index contributed by atoms with van der Waals surface area (Å²) in [5.74, 6) is -0.175. The number of rotatable bonds is 4. The van der Waals surface area contributed by atoms with E-state index in [2.05, 4.69) is 20.0 Å². The summed E-state index contributed by atoms with van der Waals surface area (Å²) in [5.41, 5.74) is 1.28. The van der Waals surface area contributed by atoms with Gasteiger partial charge in [0.05, 0.1) is 10.2 Å².